The van der Waals surface area contributed by atoms with Crippen molar-refractivity contribution in [3.63, 3.8) is 0 Å². The largest absolute Gasteiger partial charge is 0.497 e. The summed E-state index contributed by atoms with van der Waals surface area (Å²) in [6.45, 7) is 0.0557. The number of benzene rings is 1. The van der Waals surface area contributed by atoms with E-state index in [2.05, 4.69) is 4.98 Å². The number of hydrogen-bond donors (Lipinski definition) is 0. The fourth-order valence-corrected chi connectivity index (χ4v) is 4.43. The summed E-state index contributed by atoms with van der Waals surface area (Å²) in [5.74, 6) is 0.505. The summed E-state index contributed by atoms with van der Waals surface area (Å²) in [5, 5.41) is 4.74. The number of thiazole rings is 1. The molecule has 0 fully saturated rings. The van der Waals surface area contributed by atoms with Crippen molar-refractivity contribution in [2.24, 2.45) is 0 Å². The van der Waals surface area contributed by atoms with Crippen molar-refractivity contribution in [2.75, 3.05) is 27.9 Å². The molecule has 0 saturated carbocycles. The summed E-state index contributed by atoms with van der Waals surface area (Å²) in [6, 6.07) is 9.31. The SMILES string of the molecule is COC(=O)CN(Cc1cc(OC)cc(OC)c1)C(=O)Cc1csc(-c2cccs2)n1. The quantitative estimate of drug-likeness (QED) is 0.467. The van der Waals surface area contributed by atoms with E-state index in [4.69, 9.17) is 14.2 Å². The third kappa shape index (κ3) is 5.58. The maximum absolute atomic E-state index is 13.0. The van der Waals surface area contributed by atoms with E-state index in [1.54, 1.807) is 43.8 Å². The molecule has 0 unspecified atom stereocenters. The zero-order valence-corrected chi connectivity index (χ0v) is 18.5. The monoisotopic (exact) mass is 446 g/mol. The number of amides is 1. The van der Waals surface area contributed by atoms with Gasteiger partial charge in [0.05, 0.1) is 38.3 Å². The first kappa shape index (κ1) is 21.8. The zero-order valence-electron chi connectivity index (χ0n) is 16.9. The van der Waals surface area contributed by atoms with Gasteiger partial charge in [-0.15, -0.1) is 22.7 Å². The molecule has 0 atom stereocenters. The minimum atomic E-state index is -0.490. The van der Waals surface area contributed by atoms with Gasteiger partial charge in [-0.3, -0.25) is 9.59 Å². The average molecular weight is 447 g/mol. The summed E-state index contributed by atoms with van der Waals surface area (Å²) in [4.78, 5) is 32.0. The van der Waals surface area contributed by atoms with Crippen LogP contribution in [0.4, 0.5) is 0 Å². The zero-order chi connectivity index (χ0) is 21.5. The number of aromatic nitrogens is 1. The Hall–Kier alpha value is -2.91. The molecule has 3 rings (SSSR count). The van der Waals surface area contributed by atoms with E-state index in [9.17, 15) is 9.59 Å². The van der Waals surface area contributed by atoms with Crippen molar-refractivity contribution >= 4 is 34.6 Å². The minimum Gasteiger partial charge on any atom is -0.497 e. The third-order valence-electron chi connectivity index (χ3n) is 4.30. The highest BCUT2D eigenvalue weighted by molar-refractivity contribution is 7.20. The molecule has 0 bridgehead atoms. The Bertz CT molecular complexity index is 979. The van der Waals surface area contributed by atoms with Gasteiger partial charge in [0.2, 0.25) is 5.91 Å². The Morgan fingerprint density at radius 1 is 1.07 bits per heavy atom. The van der Waals surface area contributed by atoms with Crippen LogP contribution >= 0.6 is 22.7 Å². The second kappa shape index (κ2) is 10.2. The highest BCUT2D eigenvalue weighted by Gasteiger charge is 2.20. The van der Waals surface area contributed by atoms with Gasteiger partial charge >= 0.3 is 5.97 Å². The van der Waals surface area contributed by atoms with Crippen LogP contribution in [0.25, 0.3) is 9.88 Å². The summed E-state index contributed by atoms with van der Waals surface area (Å²) in [5.41, 5.74) is 1.45. The Morgan fingerprint density at radius 3 is 2.40 bits per heavy atom. The fourth-order valence-electron chi connectivity index (χ4n) is 2.80. The molecule has 3 aromatic rings. The Balaban J connectivity index is 1.77. The smallest absolute Gasteiger partial charge is 0.325 e. The molecule has 7 nitrogen and oxygen atoms in total. The number of thiophene rings is 1. The van der Waals surface area contributed by atoms with E-state index in [0.29, 0.717) is 17.2 Å². The molecule has 30 heavy (non-hydrogen) atoms. The molecular weight excluding hydrogens is 424 g/mol. The van der Waals surface area contributed by atoms with Gasteiger partial charge in [0.1, 0.15) is 23.1 Å². The number of carbonyl (C=O) groups is 2. The second-order valence-electron chi connectivity index (χ2n) is 6.34. The van der Waals surface area contributed by atoms with Crippen LogP contribution in [0.3, 0.4) is 0 Å². The maximum atomic E-state index is 13.0. The van der Waals surface area contributed by atoms with Gasteiger partial charge in [-0.25, -0.2) is 4.98 Å². The Labute approximate surface area is 182 Å². The standard InChI is InChI=1S/C21H22N2O5S2/c1-26-16-7-14(8-17(10-16)27-2)11-23(12-20(25)28-3)19(24)9-15-13-30-21(22-15)18-5-4-6-29-18/h4-8,10,13H,9,11-12H2,1-3H3. The maximum Gasteiger partial charge on any atom is 0.325 e. The molecule has 0 N–H and O–H groups in total. The second-order valence-corrected chi connectivity index (χ2v) is 8.15. The lowest BCUT2D eigenvalue weighted by Crippen LogP contribution is -2.36. The number of nitrogens with zero attached hydrogens (tertiary/aromatic N) is 2. The highest BCUT2D eigenvalue weighted by Crippen LogP contribution is 2.28. The van der Waals surface area contributed by atoms with Gasteiger partial charge in [0.25, 0.3) is 0 Å². The number of esters is 1. The number of hydrogen-bond acceptors (Lipinski definition) is 8. The van der Waals surface area contributed by atoms with Crippen molar-refractivity contribution in [3.05, 3.63) is 52.3 Å². The van der Waals surface area contributed by atoms with Gasteiger partial charge in [0.15, 0.2) is 0 Å². The van der Waals surface area contributed by atoms with Crippen molar-refractivity contribution in [2.45, 2.75) is 13.0 Å². The minimum absolute atomic E-state index is 0.0972. The fraction of sp³-hybridized carbons (Fsp3) is 0.286. The molecular formula is C21H22N2O5S2. The van der Waals surface area contributed by atoms with Gasteiger partial charge in [-0.05, 0) is 29.1 Å². The van der Waals surface area contributed by atoms with E-state index < -0.39 is 5.97 Å². The van der Waals surface area contributed by atoms with Crippen molar-refractivity contribution in [1.82, 2.24) is 9.88 Å². The topological polar surface area (TPSA) is 78.0 Å². The van der Waals surface area contributed by atoms with E-state index in [-0.39, 0.29) is 25.4 Å². The van der Waals surface area contributed by atoms with Crippen LogP contribution in [0.5, 0.6) is 11.5 Å². The summed E-state index contributed by atoms with van der Waals surface area (Å²) in [7, 11) is 4.42. The lowest BCUT2D eigenvalue weighted by molar-refractivity contribution is -0.147. The molecule has 0 saturated heterocycles. The Kier molecular flexibility index (Phi) is 7.42. The van der Waals surface area contributed by atoms with Crippen LogP contribution in [0.1, 0.15) is 11.3 Å². The highest BCUT2D eigenvalue weighted by atomic mass is 32.1. The van der Waals surface area contributed by atoms with E-state index in [0.717, 1.165) is 15.4 Å². The molecule has 1 aromatic carbocycles. The predicted molar refractivity (Wildman–Crippen MR) is 116 cm³/mol. The molecule has 158 valence electrons. The van der Waals surface area contributed by atoms with Gasteiger partial charge < -0.3 is 19.1 Å². The molecule has 0 aliphatic heterocycles. The molecule has 9 heteroatoms. The first-order valence-electron chi connectivity index (χ1n) is 9.07. The first-order chi connectivity index (χ1) is 14.5. The van der Waals surface area contributed by atoms with Crippen LogP contribution < -0.4 is 9.47 Å². The Morgan fingerprint density at radius 2 is 1.80 bits per heavy atom. The predicted octanol–water partition coefficient (Wildman–Crippen LogP) is 3.63. The molecule has 0 aliphatic rings. The van der Waals surface area contributed by atoms with Gasteiger partial charge in [-0.1, -0.05) is 6.07 Å². The van der Waals surface area contributed by atoms with Crippen LogP contribution in [0, 0.1) is 0 Å². The molecule has 0 spiro atoms. The normalized spacial score (nSPS) is 10.5. The summed E-state index contributed by atoms with van der Waals surface area (Å²) < 4.78 is 15.4. The van der Waals surface area contributed by atoms with Crippen LogP contribution in [0.15, 0.2) is 41.1 Å². The van der Waals surface area contributed by atoms with Crippen LogP contribution in [-0.4, -0.2) is 49.6 Å². The lowest BCUT2D eigenvalue weighted by atomic mass is 10.1. The third-order valence-corrected chi connectivity index (χ3v) is 6.23. The van der Waals surface area contributed by atoms with Crippen molar-refractivity contribution in [1.29, 1.82) is 0 Å². The number of carbonyl (C=O) groups excluding carboxylic acids is 2. The van der Waals surface area contributed by atoms with Crippen LogP contribution in [0.2, 0.25) is 0 Å². The van der Waals surface area contributed by atoms with E-state index in [1.807, 2.05) is 22.9 Å². The first-order valence-corrected chi connectivity index (χ1v) is 10.8. The molecule has 0 aliphatic carbocycles. The number of ether oxygens (including phenoxy) is 3. The van der Waals surface area contributed by atoms with Gasteiger partial charge in [0, 0.05) is 18.0 Å². The van der Waals surface area contributed by atoms with E-state index in [1.165, 1.54) is 23.3 Å². The molecule has 1 amide bonds. The molecule has 2 heterocycles. The van der Waals surface area contributed by atoms with Crippen molar-refractivity contribution < 1.29 is 23.8 Å². The molecule has 0 radical (unpaired) electrons. The van der Waals surface area contributed by atoms with Gasteiger partial charge in [-0.2, -0.15) is 0 Å². The summed E-state index contributed by atoms with van der Waals surface area (Å²) in [6.07, 6.45) is 0.0972. The van der Waals surface area contributed by atoms with Crippen molar-refractivity contribution in [3.8, 4) is 21.4 Å². The number of methoxy groups -OCH3 is 3. The number of rotatable bonds is 9. The average Bonchev–Trinajstić information content (AvgIpc) is 3.44. The molecule has 2 aromatic heterocycles. The lowest BCUT2D eigenvalue weighted by Gasteiger charge is -2.22. The van der Waals surface area contributed by atoms with E-state index >= 15 is 0 Å². The summed E-state index contributed by atoms with van der Waals surface area (Å²) >= 11 is 3.10. The van der Waals surface area contributed by atoms with Crippen LogP contribution in [-0.2, 0) is 27.3 Å².